The van der Waals surface area contributed by atoms with Crippen LogP contribution in [0.5, 0.6) is 0 Å². The molecule has 2 rings (SSSR count). The molecule has 0 aromatic heterocycles. The Hall–Kier alpha value is -2.04. The van der Waals surface area contributed by atoms with Gasteiger partial charge >= 0.3 is 0 Å². The molecule has 1 heterocycles. The molecule has 1 saturated heterocycles. The molecule has 21 heavy (non-hydrogen) atoms. The molecule has 2 N–H and O–H groups in total. The number of carbonyl (C=O) groups is 2. The van der Waals surface area contributed by atoms with Crippen LogP contribution in [0.3, 0.4) is 0 Å². The summed E-state index contributed by atoms with van der Waals surface area (Å²) in [6.07, 6.45) is 2.42. The van der Waals surface area contributed by atoms with Gasteiger partial charge in [0.15, 0.2) is 0 Å². The van der Waals surface area contributed by atoms with Gasteiger partial charge in [-0.05, 0) is 31.9 Å². The minimum absolute atomic E-state index is 0.0286. The normalized spacial score (nSPS) is 15.9. The lowest BCUT2D eigenvalue weighted by atomic mass is 10.2. The van der Waals surface area contributed by atoms with Gasteiger partial charge in [-0.2, -0.15) is 0 Å². The maximum absolute atomic E-state index is 11.8. The van der Waals surface area contributed by atoms with Crippen molar-refractivity contribution in [2.75, 3.05) is 25.0 Å². The average Bonchev–Trinajstić information content (AvgIpc) is 2.89. The number of nitrogens with zero attached hydrogens (tertiary/aromatic N) is 1. The first-order valence-corrected chi connectivity index (χ1v) is 7.51. The third-order valence-corrected chi connectivity index (χ3v) is 3.64. The van der Waals surface area contributed by atoms with E-state index in [1.165, 1.54) is 0 Å². The number of hydrogen-bond acceptors (Lipinski definition) is 3. The van der Waals surface area contributed by atoms with Gasteiger partial charge in [0, 0.05) is 31.2 Å². The van der Waals surface area contributed by atoms with Gasteiger partial charge in [-0.3, -0.25) is 9.59 Å². The second-order valence-electron chi connectivity index (χ2n) is 5.46. The van der Waals surface area contributed by atoms with Crippen molar-refractivity contribution in [3.63, 3.8) is 0 Å². The first-order chi connectivity index (χ1) is 10.1. The van der Waals surface area contributed by atoms with Gasteiger partial charge in [0.2, 0.25) is 11.8 Å². The topological polar surface area (TPSA) is 61.4 Å². The van der Waals surface area contributed by atoms with Gasteiger partial charge < -0.3 is 15.5 Å². The van der Waals surface area contributed by atoms with Crippen molar-refractivity contribution in [3.05, 3.63) is 30.3 Å². The molecule has 5 nitrogen and oxygen atoms in total. The quantitative estimate of drug-likeness (QED) is 0.802. The monoisotopic (exact) mass is 289 g/mol. The SMILES string of the molecule is CC(CCN1CCCC1=O)NC(=O)CNc1ccccc1. The summed E-state index contributed by atoms with van der Waals surface area (Å²) in [5, 5.41) is 6.03. The van der Waals surface area contributed by atoms with Gasteiger partial charge in [0.1, 0.15) is 0 Å². The Kier molecular flexibility index (Phi) is 5.60. The summed E-state index contributed by atoms with van der Waals surface area (Å²) >= 11 is 0. The van der Waals surface area contributed by atoms with Crippen molar-refractivity contribution >= 4 is 17.5 Å². The van der Waals surface area contributed by atoms with Crippen molar-refractivity contribution < 1.29 is 9.59 Å². The second kappa shape index (κ2) is 7.67. The lowest BCUT2D eigenvalue weighted by Gasteiger charge is -2.19. The number of likely N-dealkylation sites (tertiary alicyclic amines) is 1. The lowest BCUT2D eigenvalue weighted by Crippen LogP contribution is -2.39. The minimum atomic E-state index is -0.0286. The van der Waals surface area contributed by atoms with Gasteiger partial charge in [-0.25, -0.2) is 0 Å². The molecule has 1 aromatic carbocycles. The van der Waals surface area contributed by atoms with Crippen molar-refractivity contribution in [2.45, 2.75) is 32.2 Å². The standard InChI is InChI=1S/C16H23N3O2/c1-13(9-11-19-10-5-8-16(19)21)18-15(20)12-17-14-6-3-2-4-7-14/h2-4,6-7,13,17H,5,8-12H2,1H3,(H,18,20). The van der Waals surface area contributed by atoms with Crippen molar-refractivity contribution in [1.29, 1.82) is 0 Å². The van der Waals surface area contributed by atoms with Crippen LogP contribution >= 0.6 is 0 Å². The molecular formula is C16H23N3O2. The molecule has 1 aliphatic rings. The molecule has 5 heteroatoms. The van der Waals surface area contributed by atoms with Gasteiger partial charge in [-0.1, -0.05) is 18.2 Å². The fourth-order valence-corrected chi connectivity index (χ4v) is 2.43. The highest BCUT2D eigenvalue weighted by Crippen LogP contribution is 2.10. The Morgan fingerprint density at radius 2 is 2.10 bits per heavy atom. The molecule has 2 amide bonds. The molecule has 1 unspecified atom stereocenters. The number of nitrogens with one attached hydrogen (secondary N) is 2. The number of anilines is 1. The Balaban J connectivity index is 1.64. The zero-order chi connectivity index (χ0) is 15.1. The summed E-state index contributed by atoms with van der Waals surface area (Å²) in [7, 11) is 0. The summed E-state index contributed by atoms with van der Waals surface area (Å²) in [5.41, 5.74) is 0.933. The van der Waals surface area contributed by atoms with Crippen LogP contribution in [0.25, 0.3) is 0 Å². The van der Waals surface area contributed by atoms with Crippen LogP contribution in [0.1, 0.15) is 26.2 Å². The van der Waals surface area contributed by atoms with E-state index in [-0.39, 0.29) is 24.4 Å². The molecule has 1 fully saturated rings. The summed E-state index contributed by atoms with van der Waals surface area (Å²) < 4.78 is 0. The van der Waals surface area contributed by atoms with E-state index in [9.17, 15) is 9.59 Å². The van der Waals surface area contributed by atoms with Gasteiger partial charge in [-0.15, -0.1) is 0 Å². The second-order valence-corrected chi connectivity index (χ2v) is 5.46. The van der Waals surface area contributed by atoms with E-state index < -0.39 is 0 Å². The van der Waals surface area contributed by atoms with E-state index in [0.29, 0.717) is 6.42 Å². The summed E-state index contributed by atoms with van der Waals surface area (Å²) in [5.74, 6) is 0.207. The van der Waals surface area contributed by atoms with E-state index in [1.807, 2.05) is 42.2 Å². The smallest absolute Gasteiger partial charge is 0.239 e. The maximum atomic E-state index is 11.8. The first-order valence-electron chi connectivity index (χ1n) is 7.51. The summed E-state index contributed by atoms with van der Waals surface area (Å²) in [6, 6.07) is 9.72. The number of carbonyl (C=O) groups excluding carboxylic acids is 2. The molecule has 0 saturated carbocycles. The highest BCUT2D eigenvalue weighted by molar-refractivity contribution is 5.81. The fraction of sp³-hybridized carbons (Fsp3) is 0.500. The van der Waals surface area contributed by atoms with E-state index in [4.69, 9.17) is 0 Å². The highest BCUT2D eigenvalue weighted by atomic mass is 16.2. The molecule has 0 spiro atoms. The molecule has 0 radical (unpaired) electrons. The number of amides is 2. The van der Waals surface area contributed by atoms with Crippen LogP contribution in [0, 0.1) is 0 Å². The third-order valence-electron chi connectivity index (χ3n) is 3.64. The molecule has 0 bridgehead atoms. The van der Waals surface area contributed by atoms with Crippen LogP contribution in [0.2, 0.25) is 0 Å². The summed E-state index contributed by atoms with van der Waals surface area (Å²) in [6.45, 7) is 3.82. The molecule has 1 atom stereocenters. The Morgan fingerprint density at radius 1 is 1.33 bits per heavy atom. The highest BCUT2D eigenvalue weighted by Gasteiger charge is 2.20. The Bertz CT molecular complexity index is 476. The zero-order valence-electron chi connectivity index (χ0n) is 12.5. The van der Waals surface area contributed by atoms with Crippen molar-refractivity contribution in [1.82, 2.24) is 10.2 Å². The number of rotatable bonds is 7. The largest absolute Gasteiger partial charge is 0.376 e. The lowest BCUT2D eigenvalue weighted by molar-refractivity contribution is -0.127. The van der Waals surface area contributed by atoms with E-state index in [0.717, 1.165) is 31.6 Å². The minimum Gasteiger partial charge on any atom is -0.376 e. The fourth-order valence-electron chi connectivity index (χ4n) is 2.43. The maximum Gasteiger partial charge on any atom is 0.239 e. The first kappa shape index (κ1) is 15.4. The number of benzene rings is 1. The number of para-hydroxylation sites is 1. The Morgan fingerprint density at radius 3 is 2.76 bits per heavy atom. The van der Waals surface area contributed by atoms with Crippen molar-refractivity contribution in [3.8, 4) is 0 Å². The third kappa shape index (κ3) is 5.10. The predicted molar refractivity (Wildman–Crippen MR) is 83.0 cm³/mol. The van der Waals surface area contributed by atoms with Gasteiger partial charge in [0.05, 0.1) is 6.54 Å². The van der Waals surface area contributed by atoms with E-state index >= 15 is 0 Å². The van der Waals surface area contributed by atoms with Crippen molar-refractivity contribution in [2.24, 2.45) is 0 Å². The van der Waals surface area contributed by atoms with Crippen LogP contribution in [0.4, 0.5) is 5.69 Å². The molecule has 1 aromatic rings. The molecule has 1 aliphatic heterocycles. The molecular weight excluding hydrogens is 266 g/mol. The summed E-state index contributed by atoms with van der Waals surface area (Å²) in [4.78, 5) is 25.2. The molecule has 114 valence electrons. The van der Waals surface area contributed by atoms with E-state index in [2.05, 4.69) is 10.6 Å². The molecule has 0 aliphatic carbocycles. The van der Waals surface area contributed by atoms with Gasteiger partial charge in [0.25, 0.3) is 0 Å². The van der Waals surface area contributed by atoms with Crippen LogP contribution in [-0.4, -0.2) is 42.4 Å². The zero-order valence-corrected chi connectivity index (χ0v) is 12.5. The Labute approximate surface area is 125 Å². The van der Waals surface area contributed by atoms with Crippen LogP contribution in [0.15, 0.2) is 30.3 Å². The number of hydrogen-bond donors (Lipinski definition) is 2. The predicted octanol–water partition coefficient (Wildman–Crippen LogP) is 1.62. The van der Waals surface area contributed by atoms with Crippen LogP contribution in [-0.2, 0) is 9.59 Å². The average molecular weight is 289 g/mol. The van der Waals surface area contributed by atoms with Crippen LogP contribution < -0.4 is 10.6 Å². The van der Waals surface area contributed by atoms with E-state index in [1.54, 1.807) is 0 Å².